The predicted octanol–water partition coefficient (Wildman–Crippen LogP) is 1.21. The van der Waals surface area contributed by atoms with Gasteiger partial charge < -0.3 is 4.90 Å². The summed E-state index contributed by atoms with van der Waals surface area (Å²) in [4.78, 5) is 1.23. The van der Waals surface area contributed by atoms with Crippen LogP contribution in [0.4, 0.5) is 4.39 Å². The Morgan fingerprint density at radius 2 is 2.08 bits per heavy atom. The number of benzene rings is 1. The Hall–Kier alpha value is -1.73. The Balaban J connectivity index is 1.74. The molecule has 1 aromatic carbocycles. The summed E-state index contributed by atoms with van der Waals surface area (Å²) in [5.41, 5.74) is 4.10. The first-order valence-corrected chi connectivity index (χ1v) is 10.4. The van der Waals surface area contributed by atoms with Crippen LogP contribution >= 0.6 is 0 Å². The van der Waals surface area contributed by atoms with E-state index in [0.717, 1.165) is 35.6 Å². The highest BCUT2D eigenvalue weighted by Gasteiger charge is 2.31. The van der Waals surface area contributed by atoms with E-state index in [2.05, 4.69) is 12.1 Å². The number of aryl methyl sites for hydroxylation is 1. The Kier molecular flexibility index (Phi) is 4.97. The van der Waals surface area contributed by atoms with E-state index in [1.165, 1.54) is 11.0 Å². The van der Waals surface area contributed by atoms with Crippen molar-refractivity contribution in [3.63, 3.8) is 0 Å². The number of quaternary nitrogens is 1. The van der Waals surface area contributed by atoms with Crippen LogP contribution in [-0.2, 0) is 22.9 Å². The maximum absolute atomic E-state index is 13.3. The van der Waals surface area contributed by atoms with Crippen LogP contribution in [0.25, 0.3) is 0 Å². The number of aromatic nitrogens is 2. The van der Waals surface area contributed by atoms with E-state index in [1.807, 2.05) is 24.6 Å². The maximum atomic E-state index is 13.3. The third kappa shape index (κ3) is 4.10. The molecule has 1 aliphatic rings. The molecule has 0 amide bonds. The van der Waals surface area contributed by atoms with Crippen LogP contribution in [0.15, 0.2) is 24.3 Å². The molecule has 2 atom stereocenters. The third-order valence-corrected chi connectivity index (χ3v) is 6.65. The molecule has 1 saturated heterocycles. The zero-order chi connectivity index (χ0) is 18.2. The second-order valence-corrected chi connectivity index (χ2v) is 9.32. The van der Waals surface area contributed by atoms with E-state index in [9.17, 15) is 12.8 Å². The molecule has 7 heteroatoms. The Morgan fingerprint density at radius 1 is 1.32 bits per heavy atom. The number of nitrogens with zero attached hydrogens (tertiary/aromatic N) is 2. The standard InChI is InChI=1S/C18H24FN3O2S/c1-13-18(11-21(3)10-15-5-4-6-16(19)9-15)14(2)22(20-13)17-7-8-25(23,24)12-17/h4-6,9,17H,7-8,10-12H2,1-3H3/p+1/t17-/m0/s1. The molecule has 1 aliphatic heterocycles. The number of nitrogens with one attached hydrogen (secondary N) is 1. The first-order chi connectivity index (χ1) is 11.7. The summed E-state index contributed by atoms with van der Waals surface area (Å²) in [6.45, 7) is 5.47. The zero-order valence-corrected chi connectivity index (χ0v) is 15.7. The largest absolute Gasteiger partial charge is 0.330 e. The van der Waals surface area contributed by atoms with Crippen molar-refractivity contribution in [3.05, 3.63) is 52.6 Å². The first kappa shape index (κ1) is 18.1. The van der Waals surface area contributed by atoms with Crippen LogP contribution in [0.1, 0.15) is 35.0 Å². The first-order valence-electron chi connectivity index (χ1n) is 8.56. The van der Waals surface area contributed by atoms with Crippen LogP contribution in [-0.4, -0.2) is 36.8 Å². The molecule has 136 valence electrons. The minimum absolute atomic E-state index is 0.0547. The molecule has 0 radical (unpaired) electrons. The van der Waals surface area contributed by atoms with Gasteiger partial charge in [-0.3, -0.25) is 4.68 Å². The Morgan fingerprint density at radius 3 is 2.72 bits per heavy atom. The van der Waals surface area contributed by atoms with Gasteiger partial charge in [-0.15, -0.1) is 0 Å². The van der Waals surface area contributed by atoms with Crippen LogP contribution < -0.4 is 4.90 Å². The van der Waals surface area contributed by atoms with Crippen LogP contribution in [0.2, 0.25) is 0 Å². The topological polar surface area (TPSA) is 56.4 Å². The quantitative estimate of drug-likeness (QED) is 0.866. The van der Waals surface area contributed by atoms with Gasteiger partial charge in [-0.25, -0.2) is 12.8 Å². The highest BCUT2D eigenvalue weighted by Crippen LogP contribution is 2.26. The maximum Gasteiger partial charge on any atom is 0.152 e. The van der Waals surface area contributed by atoms with Crippen molar-refractivity contribution in [1.29, 1.82) is 0 Å². The molecule has 1 unspecified atom stereocenters. The van der Waals surface area contributed by atoms with E-state index in [1.54, 1.807) is 12.1 Å². The second kappa shape index (κ2) is 6.88. The molecule has 25 heavy (non-hydrogen) atoms. The van der Waals surface area contributed by atoms with Gasteiger partial charge in [0.1, 0.15) is 18.9 Å². The van der Waals surface area contributed by atoms with Crippen molar-refractivity contribution in [2.24, 2.45) is 0 Å². The van der Waals surface area contributed by atoms with E-state index >= 15 is 0 Å². The summed E-state index contributed by atoms with van der Waals surface area (Å²) in [5, 5.41) is 4.61. The van der Waals surface area contributed by atoms with Gasteiger partial charge in [0.15, 0.2) is 9.84 Å². The van der Waals surface area contributed by atoms with E-state index < -0.39 is 9.84 Å². The van der Waals surface area contributed by atoms with Crippen molar-refractivity contribution >= 4 is 9.84 Å². The normalized spacial score (nSPS) is 20.7. The molecule has 0 saturated carbocycles. The number of halogens is 1. The lowest BCUT2D eigenvalue weighted by Crippen LogP contribution is -3.06. The van der Waals surface area contributed by atoms with Gasteiger partial charge in [0.05, 0.1) is 35.9 Å². The van der Waals surface area contributed by atoms with Gasteiger partial charge in [-0.05, 0) is 32.4 Å². The fraction of sp³-hybridized carbons (Fsp3) is 0.500. The Labute approximate surface area is 148 Å². The third-order valence-electron chi connectivity index (χ3n) is 4.90. The number of hydrogen-bond acceptors (Lipinski definition) is 3. The molecule has 5 nitrogen and oxygen atoms in total. The summed E-state index contributed by atoms with van der Waals surface area (Å²) in [6, 6.07) is 6.62. The molecule has 0 spiro atoms. The van der Waals surface area contributed by atoms with Crippen LogP contribution in [0, 0.1) is 19.7 Å². The fourth-order valence-electron chi connectivity index (χ4n) is 3.64. The molecule has 1 N–H and O–H groups in total. The minimum atomic E-state index is -2.93. The highest BCUT2D eigenvalue weighted by atomic mass is 32.2. The summed E-state index contributed by atoms with van der Waals surface area (Å²) in [7, 11) is -0.863. The average molecular weight is 366 g/mol. The van der Waals surface area contributed by atoms with Gasteiger partial charge in [-0.1, -0.05) is 12.1 Å². The fourth-order valence-corrected chi connectivity index (χ4v) is 5.33. The molecule has 0 bridgehead atoms. The van der Waals surface area contributed by atoms with Crippen molar-refractivity contribution in [1.82, 2.24) is 9.78 Å². The monoisotopic (exact) mass is 366 g/mol. The lowest BCUT2D eigenvalue weighted by molar-refractivity contribution is -0.907. The molecule has 2 heterocycles. The molecular weight excluding hydrogens is 341 g/mol. The van der Waals surface area contributed by atoms with E-state index in [-0.39, 0.29) is 23.4 Å². The minimum Gasteiger partial charge on any atom is -0.330 e. The van der Waals surface area contributed by atoms with Gasteiger partial charge >= 0.3 is 0 Å². The number of hydrogen-bond donors (Lipinski definition) is 1. The lowest BCUT2D eigenvalue weighted by atomic mass is 10.1. The van der Waals surface area contributed by atoms with Gasteiger partial charge in [0.2, 0.25) is 0 Å². The van der Waals surface area contributed by atoms with Crippen LogP contribution in [0.3, 0.4) is 0 Å². The molecule has 2 aromatic rings. The van der Waals surface area contributed by atoms with Crippen LogP contribution in [0.5, 0.6) is 0 Å². The number of rotatable bonds is 5. The lowest BCUT2D eigenvalue weighted by Gasteiger charge is -2.15. The predicted molar refractivity (Wildman–Crippen MR) is 94.7 cm³/mol. The second-order valence-electron chi connectivity index (χ2n) is 7.09. The average Bonchev–Trinajstić information content (AvgIpc) is 3.01. The van der Waals surface area contributed by atoms with Gasteiger partial charge in [-0.2, -0.15) is 5.10 Å². The van der Waals surface area contributed by atoms with E-state index in [4.69, 9.17) is 0 Å². The van der Waals surface area contributed by atoms with Crippen molar-refractivity contribution < 1.29 is 17.7 Å². The Bertz CT molecular complexity index is 876. The molecule has 3 rings (SSSR count). The zero-order valence-electron chi connectivity index (χ0n) is 14.9. The summed E-state index contributed by atoms with van der Waals surface area (Å²) in [5.74, 6) is 0.212. The summed E-state index contributed by atoms with van der Waals surface area (Å²) in [6.07, 6.45) is 0.635. The van der Waals surface area contributed by atoms with Crippen molar-refractivity contribution in [2.75, 3.05) is 18.6 Å². The number of sulfone groups is 1. The summed E-state index contributed by atoms with van der Waals surface area (Å²) < 4.78 is 38.7. The SMILES string of the molecule is Cc1nn([C@H]2CCS(=O)(=O)C2)c(C)c1C[NH+](C)Cc1cccc(F)c1. The molecule has 0 aliphatic carbocycles. The summed E-state index contributed by atoms with van der Waals surface area (Å²) >= 11 is 0. The molecule has 1 fully saturated rings. The van der Waals surface area contributed by atoms with Gasteiger partial charge in [0, 0.05) is 11.3 Å². The van der Waals surface area contributed by atoms with Crippen molar-refractivity contribution in [3.8, 4) is 0 Å². The van der Waals surface area contributed by atoms with Crippen molar-refractivity contribution in [2.45, 2.75) is 39.4 Å². The highest BCUT2D eigenvalue weighted by molar-refractivity contribution is 7.91. The smallest absolute Gasteiger partial charge is 0.152 e. The van der Waals surface area contributed by atoms with Gasteiger partial charge in [0.25, 0.3) is 0 Å². The molecular formula is C18H25FN3O2S+. The van der Waals surface area contributed by atoms with E-state index in [0.29, 0.717) is 6.42 Å². The molecule has 1 aromatic heterocycles.